The van der Waals surface area contributed by atoms with E-state index in [1.54, 1.807) is 18.2 Å². The van der Waals surface area contributed by atoms with E-state index in [1.165, 1.54) is 0 Å². The number of benzene rings is 1. The van der Waals surface area contributed by atoms with Crippen molar-refractivity contribution in [2.45, 2.75) is 25.4 Å². The average Bonchev–Trinajstić information content (AvgIpc) is 3.18. The summed E-state index contributed by atoms with van der Waals surface area (Å²) in [6.45, 7) is 1.11. The number of nitrogens with one attached hydrogen (secondary N) is 2. The maximum absolute atomic E-state index is 11.8. The van der Waals surface area contributed by atoms with Gasteiger partial charge >= 0.3 is 0 Å². The Morgan fingerprint density at radius 2 is 2.09 bits per heavy atom. The molecule has 1 aromatic rings. The Balaban J connectivity index is 1.41. The highest BCUT2D eigenvalue weighted by atomic mass is 16.7. The van der Waals surface area contributed by atoms with Crippen molar-refractivity contribution < 1.29 is 23.8 Å². The third-order valence-corrected chi connectivity index (χ3v) is 3.53. The van der Waals surface area contributed by atoms with Crippen molar-refractivity contribution in [2.75, 3.05) is 25.3 Å². The largest absolute Gasteiger partial charge is 0.454 e. The highest BCUT2D eigenvalue weighted by Gasteiger charge is 2.23. The van der Waals surface area contributed by atoms with E-state index in [0.29, 0.717) is 23.8 Å². The zero-order valence-corrected chi connectivity index (χ0v) is 12.1. The molecule has 0 spiro atoms. The van der Waals surface area contributed by atoms with Crippen LogP contribution in [0.15, 0.2) is 18.2 Å². The minimum Gasteiger partial charge on any atom is -0.454 e. The second-order valence-corrected chi connectivity index (χ2v) is 5.16. The van der Waals surface area contributed by atoms with Crippen molar-refractivity contribution in [3.63, 3.8) is 0 Å². The molecule has 0 bridgehead atoms. The van der Waals surface area contributed by atoms with Crippen LogP contribution in [0.2, 0.25) is 0 Å². The fraction of sp³-hybridized carbons (Fsp3) is 0.467. The van der Waals surface area contributed by atoms with Gasteiger partial charge in [-0.25, -0.2) is 0 Å². The zero-order chi connectivity index (χ0) is 15.4. The molecule has 0 aliphatic carbocycles. The number of anilines is 1. The zero-order valence-electron chi connectivity index (χ0n) is 12.1. The summed E-state index contributed by atoms with van der Waals surface area (Å²) in [5, 5.41) is 5.47. The first kappa shape index (κ1) is 14.6. The van der Waals surface area contributed by atoms with Crippen LogP contribution in [0.5, 0.6) is 11.5 Å². The molecule has 118 valence electrons. The molecule has 1 atom stereocenters. The molecule has 1 fully saturated rings. The lowest BCUT2D eigenvalue weighted by molar-refractivity contribution is -0.130. The van der Waals surface area contributed by atoms with Crippen molar-refractivity contribution >= 4 is 17.5 Å². The van der Waals surface area contributed by atoms with Crippen LogP contribution in [0.1, 0.15) is 19.3 Å². The van der Waals surface area contributed by atoms with Gasteiger partial charge in [0.15, 0.2) is 11.5 Å². The fourth-order valence-corrected chi connectivity index (χ4v) is 2.40. The smallest absolute Gasteiger partial charge is 0.249 e. The second-order valence-electron chi connectivity index (χ2n) is 5.16. The molecule has 1 aromatic carbocycles. The van der Waals surface area contributed by atoms with Gasteiger partial charge in [0.25, 0.3) is 0 Å². The summed E-state index contributed by atoms with van der Waals surface area (Å²) in [6, 6.07) is 5.21. The Morgan fingerprint density at radius 1 is 1.23 bits per heavy atom. The van der Waals surface area contributed by atoms with E-state index in [9.17, 15) is 9.59 Å². The molecule has 2 aliphatic rings. The summed E-state index contributed by atoms with van der Waals surface area (Å²) in [5.41, 5.74) is 0.639. The first-order valence-electron chi connectivity index (χ1n) is 7.31. The number of rotatable bonds is 5. The summed E-state index contributed by atoms with van der Waals surface area (Å²) < 4.78 is 15.7. The lowest BCUT2D eigenvalue weighted by atomic mass is 10.2. The van der Waals surface area contributed by atoms with Crippen LogP contribution >= 0.6 is 0 Å². The van der Waals surface area contributed by atoms with Crippen molar-refractivity contribution in [1.29, 1.82) is 0 Å². The van der Waals surface area contributed by atoms with Gasteiger partial charge in [-0.05, 0) is 25.0 Å². The topological polar surface area (TPSA) is 85.9 Å². The minimum absolute atomic E-state index is 0.145. The number of hydrogen-bond acceptors (Lipinski definition) is 5. The van der Waals surface area contributed by atoms with E-state index in [2.05, 4.69) is 10.6 Å². The average molecular weight is 306 g/mol. The third kappa shape index (κ3) is 3.48. The van der Waals surface area contributed by atoms with Gasteiger partial charge in [-0.3, -0.25) is 9.59 Å². The van der Waals surface area contributed by atoms with Crippen molar-refractivity contribution in [3.05, 3.63) is 18.2 Å². The Kier molecular flexibility index (Phi) is 4.43. The first-order valence-corrected chi connectivity index (χ1v) is 7.31. The lowest BCUT2D eigenvalue weighted by Crippen LogP contribution is -2.35. The summed E-state index contributed by atoms with van der Waals surface area (Å²) in [5.74, 6) is 0.964. The van der Waals surface area contributed by atoms with Gasteiger partial charge in [0, 0.05) is 31.3 Å². The number of carbonyl (C=O) groups is 2. The maximum atomic E-state index is 11.8. The van der Waals surface area contributed by atoms with E-state index >= 15 is 0 Å². The van der Waals surface area contributed by atoms with E-state index in [4.69, 9.17) is 14.2 Å². The third-order valence-electron chi connectivity index (χ3n) is 3.53. The molecule has 3 rings (SSSR count). The normalized spacial score (nSPS) is 19.0. The predicted octanol–water partition coefficient (Wildman–Crippen LogP) is 1.04. The molecular weight excluding hydrogens is 288 g/mol. The molecule has 22 heavy (non-hydrogen) atoms. The van der Waals surface area contributed by atoms with Crippen LogP contribution < -0.4 is 20.1 Å². The molecular formula is C15H18N2O5. The molecule has 2 N–H and O–H groups in total. The van der Waals surface area contributed by atoms with E-state index in [-0.39, 0.29) is 37.7 Å². The molecule has 2 heterocycles. The molecule has 0 saturated carbocycles. The van der Waals surface area contributed by atoms with Crippen LogP contribution in [-0.4, -0.2) is 37.9 Å². The van der Waals surface area contributed by atoms with Crippen LogP contribution in [0.4, 0.5) is 5.69 Å². The summed E-state index contributed by atoms with van der Waals surface area (Å²) in [7, 11) is 0. The van der Waals surface area contributed by atoms with Gasteiger partial charge in [-0.15, -0.1) is 0 Å². The Morgan fingerprint density at radius 3 is 2.91 bits per heavy atom. The van der Waals surface area contributed by atoms with Gasteiger partial charge in [-0.2, -0.15) is 0 Å². The van der Waals surface area contributed by atoms with E-state index in [0.717, 1.165) is 12.8 Å². The van der Waals surface area contributed by atoms with Gasteiger partial charge in [0.1, 0.15) is 6.10 Å². The Hall–Kier alpha value is -2.28. The second kappa shape index (κ2) is 6.65. The van der Waals surface area contributed by atoms with Crippen molar-refractivity contribution in [2.24, 2.45) is 0 Å². The standard InChI is InChI=1S/C15H18N2O5/c18-14(5-6-16-15(19)12-2-1-7-20-12)17-10-3-4-11-13(8-10)22-9-21-11/h3-4,8,12H,1-2,5-7,9H2,(H,16,19)(H,17,18). The molecule has 2 amide bonds. The van der Waals surface area contributed by atoms with Crippen molar-refractivity contribution in [1.82, 2.24) is 5.32 Å². The molecule has 7 heteroatoms. The molecule has 0 radical (unpaired) electrons. The quantitative estimate of drug-likeness (QED) is 0.849. The minimum atomic E-state index is -0.364. The number of hydrogen-bond donors (Lipinski definition) is 2. The summed E-state index contributed by atoms with van der Waals surface area (Å²) >= 11 is 0. The first-order chi connectivity index (χ1) is 10.7. The van der Waals surface area contributed by atoms with Gasteiger partial charge in [0.2, 0.25) is 18.6 Å². The highest BCUT2D eigenvalue weighted by molar-refractivity contribution is 5.91. The number of fused-ring (bicyclic) bond motifs is 1. The maximum Gasteiger partial charge on any atom is 0.249 e. The predicted molar refractivity (Wildman–Crippen MR) is 77.8 cm³/mol. The highest BCUT2D eigenvalue weighted by Crippen LogP contribution is 2.34. The molecule has 0 aromatic heterocycles. The number of carbonyl (C=O) groups excluding carboxylic acids is 2. The Labute approximate surface area is 127 Å². The fourth-order valence-electron chi connectivity index (χ4n) is 2.40. The number of amides is 2. The van der Waals surface area contributed by atoms with Crippen molar-refractivity contribution in [3.8, 4) is 11.5 Å². The van der Waals surface area contributed by atoms with E-state index in [1.807, 2.05) is 0 Å². The van der Waals surface area contributed by atoms with Gasteiger partial charge in [-0.1, -0.05) is 0 Å². The molecule has 1 saturated heterocycles. The summed E-state index contributed by atoms with van der Waals surface area (Å²) in [6.07, 6.45) is 1.49. The summed E-state index contributed by atoms with van der Waals surface area (Å²) in [4.78, 5) is 23.6. The molecule has 7 nitrogen and oxygen atoms in total. The molecule has 2 aliphatic heterocycles. The SMILES string of the molecule is O=C(CCNC(=O)C1CCCO1)Nc1ccc2c(c1)OCO2. The molecule has 1 unspecified atom stereocenters. The van der Waals surface area contributed by atoms with Crippen LogP contribution in [0.25, 0.3) is 0 Å². The monoisotopic (exact) mass is 306 g/mol. The van der Waals surface area contributed by atoms with Gasteiger partial charge in [0.05, 0.1) is 0 Å². The van der Waals surface area contributed by atoms with E-state index < -0.39 is 0 Å². The van der Waals surface area contributed by atoms with Gasteiger partial charge < -0.3 is 24.8 Å². The Bertz CT molecular complexity index is 569. The van der Waals surface area contributed by atoms with Crippen LogP contribution in [-0.2, 0) is 14.3 Å². The van der Waals surface area contributed by atoms with Crippen LogP contribution in [0.3, 0.4) is 0 Å². The van der Waals surface area contributed by atoms with Crippen LogP contribution in [0, 0.1) is 0 Å². The lowest BCUT2D eigenvalue weighted by Gasteiger charge is -2.10. The number of ether oxygens (including phenoxy) is 3.